The number of nitrogens with zero attached hydrogens (tertiary/aromatic N) is 1. The van der Waals surface area contributed by atoms with Gasteiger partial charge in [-0.15, -0.1) is 11.3 Å². The molecule has 0 aromatic carbocycles. The van der Waals surface area contributed by atoms with Crippen LogP contribution in [0.1, 0.15) is 30.0 Å². The minimum Gasteiger partial charge on any atom is -0.478 e. The summed E-state index contributed by atoms with van der Waals surface area (Å²) in [5.74, 6) is -0.915. The van der Waals surface area contributed by atoms with E-state index in [1.54, 1.807) is 24.5 Å². The summed E-state index contributed by atoms with van der Waals surface area (Å²) in [6.07, 6.45) is 3.91. The van der Waals surface area contributed by atoms with Crippen molar-refractivity contribution in [3.63, 3.8) is 0 Å². The standard InChI is InChI=1S/C15H23NO3S/c1-4-12(2)16(9-10-19-3)11-14-6-5-13(20-14)7-8-15(17)18/h5-8,12H,4,9-11H2,1-3H3,(H,17,18). The summed E-state index contributed by atoms with van der Waals surface area (Å²) < 4.78 is 5.16. The molecule has 5 heteroatoms. The smallest absolute Gasteiger partial charge is 0.328 e. The SMILES string of the molecule is CCC(C)N(CCOC)Cc1ccc(C=CC(=O)O)s1. The van der Waals surface area contributed by atoms with Crippen molar-refractivity contribution in [3.8, 4) is 0 Å². The average Bonchev–Trinajstić information content (AvgIpc) is 2.88. The lowest BCUT2D eigenvalue weighted by Crippen LogP contribution is -2.34. The van der Waals surface area contributed by atoms with E-state index in [2.05, 4.69) is 24.8 Å². The molecule has 0 aliphatic heterocycles. The van der Waals surface area contributed by atoms with E-state index < -0.39 is 5.97 Å². The van der Waals surface area contributed by atoms with Crippen molar-refractivity contribution in [2.24, 2.45) is 0 Å². The van der Waals surface area contributed by atoms with Crippen LogP contribution in [0.4, 0.5) is 0 Å². The van der Waals surface area contributed by atoms with Crippen molar-refractivity contribution < 1.29 is 14.6 Å². The van der Waals surface area contributed by atoms with Crippen LogP contribution in [0.5, 0.6) is 0 Å². The number of methoxy groups -OCH3 is 1. The highest BCUT2D eigenvalue weighted by molar-refractivity contribution is 7.12. The molecule has 1 rings (SSSR count). The summed E-state index contributed by atoms with van der Waals surface area (Å²) in [4.78, 5) is 15.1. The average molecular weight is 297 g/mol. The van der Waals surface area contributed by atoms with Gasteiger partial charge in [0.1, 0.15) is 0 Å². The predicted molar refractivity (Wildman–Crippen MR) is 83.0 cm³/mol. The monoisotopic (exact) mass is 297 g/mol. The van der Waals surface area contributed by atoms with Crippen LogP contribution in [0, 0.1) is 0 Å². The summed E-state index contributed by atoms with van der Waals surface area (Å²) in [5.41, 5.74) is 0. The molecule has 4 nitrogen and oxygen atoms in total. The van der Waals surface area contributed by atoms with Gasteiger partial charge in [-0.3, -0.25) is 4.90 Å². The summed E-state index contributed by atoms with van der Waals surface area (Å²) in [7, 11) is 1.72. The fourth-order valence-corrected chi connectivity index (χ4v) is 2.79. The number of carboxylic acids is 1. The fourth-order valence-electron chi connectivity index (χ4n) is 1.84. The number of thiophene rings is 1. The lowest BCUT2D eigenvalue weighted by atomic mass is 10.2. The molecule has 112 valence electrons. The Balaban J connectivity index is 2.66. The summed E-state index contributed by atoms with van der Waals surface area (Å²) in [6.45, 7) is 6.91. The first-order chi connectivity index (χ1) is 9.56. The number of carboxylic acid groups (broad SMARTS) is 1. The first-order valence-electron chi connectivity index (χ1n) is 6.79. The molecule has 0 aliphatic rings. The Labute approximate surface area is 124 Å². The van der Waals surface area contributed by atoms with Crippen LogP contribution in [-0.2, 0) is 16.1 Å². The molecule has 1 aromatic rings. The van der Waals surface area contributed by atoms with Crippen LogP contribution in [0.25, 0.3) is 6.08 Å². The van der Waals surface area contributed by atoms with Crippen LogP contribution in [0.15, 0.2) is 18.2 Å². The quantitative estimate of drug-likeness (QED) is 0.712. The molecule has 0 spiro atoms. The van der Waals surface area contributed by atoms with Gasteiger partial charge in [-0.2, -0.15) is 0 Å². The second kappa shape index (κ2) is 8.89. The number of aliphatic carboxylic acids is 1. The fraction of sp³-hybridized carbons (Fsp3) is 0.533. The molecule has 0 amide bonds. The van der Waals surface area contributed by atoms with Crippen LogP contribution in [0.3, 0.4) is 0 Å². The highest BCUT2D eigenvalue weighted by atomic mass is 32.1. The van der Waals surface area contributed by atoms with Gasteiger partial charge < -0.3 is 9.84 Å². The molecular formula is C15H23NO3S. The van der Waals surface area contributed by atoms with Gasteiger partial charge >= 0.3 is 5.97 Å². The maximum Gasteiger partial charge on any atom is 0.328 e. The van der Waals surface area contributed by atoms with E-state index in [-0.39, 0.29) is 0 Å². The lowest BCUT2D eigenvalue weighted by Gasteiger charge is -2.27. The summed E-state index contributed by atoms with van der Waals surface area (Å²) in [5, 5.41) is 8.62. The van der Waals surface area contributed by atoms with E-state index in [1.165, 1.54) is 11.0 Å². The first kappa shape index (κ1) is 16.9. The summed E-state index contributed by atoms with van der Waals surface area (Å²) in [6, 6.07) is 4.53. The van der Waals surface area contributed by atoms with Crippen LogP contribution >= 0.6 is 11.3 Å². The van der Waals surface area contributed by atoms with Crippen molar-refractivity contribution in [3.05, 3.63) is 28.0 Å². The third-order valence-corrected chi connectivity index (χ3v) is 4.26. The number of ether oxygens (including phenoxy) is 1. The maximum absolute atomic E-state index is 10.5. The molecule has 1 aromatic heterocycles. The van der Waals surface area contributed by atoms with Crippen LogP contribution in [0.2, 0.25) is 0 Å². The maximum atomic E-state index is 10.5. The van der Waals surface area contributed by atoms with Gasteiger partial charge in [0.25, 0.3) is 0 Å². The Morgan fingerprint density at radius 2 is 2.30 bits per heavy atom. The number of rotatable bonds is 9. The van der Waals surface area contributed by atoms with E-state index in [4.69, 9.17) is 9.84 Å². The largest absolute Gasteiger partial charge is 0.478 e. The van der Waals surface area contributed by atoms with Gasteiger partial charge in [0.15, 0.2) is 0 Å². The Hall–Kier alpha value is -1.17. The molecule has 0 fully saturated rings. The molecule has 0 saturated carbocycles. The number of hydrogen-bond donors (Lipinski definition) is 1. The van der Waals surface area contributed by atoms with E-state index >= 15 is 0 Å². The molecule has 0 radical (unpaired) electrons. The molecule has 0 aliphatic carbocycles. The second-order valence-electron chi connectivity index (χ2n) is 4.70. The lowest BCUT2D eigenvalue weighted by molar-refractivity contribution is -0.131. The van der Waals surface area contributed by atoms with Crippen molar-refractivity contribution >= 4 is 23.4 Å². The third kappa shape index (κ3) is 5.86. The Kier molecular flexibility index (Phi) is 7.51. The van der Waals surface area contributed by atoms with Gasteiger partial charge in [-0.1, -0.05) is 6.92 Å². The topological polar surface area (TPSA) is 49.8 Å². The van der Waals surface area contributed by atoms with E-state index in [0.29, 0.717) is 6.04 Å². The molecule has 1 atom stereocenters. The minimum atomic E-state index is -0.915. The highest BCUT2D eigenvalue weighted by Gasteiger charge is 2.13. The van der Waals surface area contributed by atoms with E-state index in [0.717, 1.165) is 31.0 Å². The molecular weight excluding hydrogens is 274 g/mol. The van der Waals surface area contributed by atoms with E-state index in [1.807, 2.05) is 6.07 Å². The zero-order chi connectivity index (χ0) is 15.0. The van der Waals surface area contributed by atoms with Crippen LogP contribution in [-0.4, -0.2) is 42.3 Å². The normalized spacial score (nSPS) is 13.2. The van der Waals surface area contributed by atoms with Crippen LogP contribution < -0.4 is 0 Å². The molecule has 1 unspecified atom stereocenters. The number of hydrogen-bond acceptors (Lipinski definition) is 4. The Morgan fingerprint density at radius 3 is 2.90 bits per heavy atom. The zero-order valence-corrected chi connectivity index (χ0v) is 13.2. The van der Waals surface area contributed by atoms with Crippen molar-refractivity contribution in [2.45, 2.75) is 32.9 Å². The van der Waals surface area contributed by atoms with E-state index in [9.17, 15) is 4.79 Å². The van der Waals surface area contributed by atoms with Gasteiger partial charge in [0.05, 0.1) is 6.61 Å². The molecule has 1 N–H and O–H groups in total. The van der Waals surface area contributed by atoms with Crippen molar-refractivity contribution in [2.75, 3.05) is 20.3 Å². The molecule has 1 heterocycles. The van der Waals surface area contributed by atoms with Gasteiger partial charge in [-0.05, 0) is 31.6 Å². The number of carbonyl (C=O) groups is 1. The van der Waals surface area contributed by atoms with Crippen molar-refractivity contribution in [1.29, 1.82) is 0 Å². The predicted octanol–water partition coefficient (Wildman–Crippen LogP) is 3.09. The summed E-state index contributed by atoms with van der Waals surface area (Å²) >= 11 is 1.63. The highest BCUT2D eigenvalue weighted by Crippen LogP contribution is 2.21. The minimum absolute atomic E-state index is 0.505. The molecule has 20 heavy (non-hydrogen) atoms. The zero-order valence-electron chi connectivity index (χ0n) is 12.3. The van der Waals surface area contributed by atoms with Gasteiger partial charge in [0.2, 0.25) is 0 Å². The first-order valence-corrected chi connectivity index (χ1v) is 7.61. The Bertz CT molecular complexity index is 442. The molecule has 0 saturated heterocycles. The Morgan fingerprint density at radius 1 is 1.55 bits per heavy atom. The van der Waals surface area contributed by atoms with Crippen molar-refractivity contribution in [1.82, 2.24) is 4.90 Å². The van der Waals surface area contributed by atoms with Gasteiger partial charge in [0, 0.05) is 42.1 Å². The third-order valence-electron chi connectivity index (χ3n) is 3.23. The van der Waals surface area contributed by atoms with Gasteiger partial charge in [-0.25, -0.2) is 4.79 Å². The molecule has 0 bridgehead atoms. The second-order valence-corrected chi connectivity index (χ2v) is 5.90.